The summed E-state index contributed by atoms with van der Waals surface area (Å²) in [5.41, 5.74) is 3.14. The summed E-state index contributed by atoms with van der Waals surface area (Å²) in [7, 11) is 0. The van der Waals surface area contributed by atoms with E-state index >= 15 is 0 Å². The van der Waals surface area contributed by atoms with Crippen molar-refractivity contribution in [3.8, 4) is 0 Å². The maximum absolute atomic E-state index is 3.54. The van der Waals surface area contributed by atoms with Gasteiger partial charge in [-0.1, -0.05) is 41.8 Å². The molecule has 0 saturated carbocycles. The van der Waals surface area contributed by atoms with Crippen molar-refractivity contribution < 1.29 is 0 Å². The van der Waals surface area contributed by atoms with E-state index in [-0.39, 0.29) is 0 Å². The fourth-order valence-electron chi connectivity index (χ4n) is 2.45. The van der Waals surface area contributed by atoms with E-state index in [2.05, 4.69) is 41.1 Å². The summed E-state index contributed by atoms with van der Waals surface area (Å²) < 4.78 is 1.23. The van der Waals surface area contributed by atoms with Gasteiger partial charge in [-0.05, 0) is 48.4 Å². The highest BCUT2D eigenvalue weighted by Crippen LogP contribution is 2.29. The Morgan fingerprint density at radius 2 is 2.21 bits per heavy atom. The normalized spacial score (nSPS) is 20.6. The summed E-state index contributed by atoms with van der Waals surface area (Å²) in [6.45, 7) is 2.29. The molecule has 0 amide bonds. The molecular weight excluding hydrogens is 236 g/mol. The monoisotopic (exact) mass is 252 g/mol. The Hall–Kier alpha value is -0.300. The molecule has 1 aromatic rings. The highest BCUT2D eigenvalue weighted by atomic mass is 79.9. The molecule has 1 aliphatic carbocycles. The van der Waals surface area contributed by atoms with E-state index in [0.717, 1.165) is 5.92 Å². The predicted octanol–water partition coefficient (Wildman–Crippen LogP) is 4.35. The van der Waals surface area contributed by atoms with Gasteiger partial charge in [-0.2, -0.15) is 0 Å². The van der Waals surface area contributed by atoms with E-state index in [1.165, 1.54) is 36.6 Å². The van der Waals surface area contributed by atoms with Gasteiger partial charge in [0.25, 0.3) is 0 Å². The van der Waals surface area contributed by atoms with Crippen molar-refractivity contribution in [3.63, 3.8) is 0 Å². The van der Waals surface area contributed by atoms with E-state index < -0.39 is 0 Å². The summed E-state index contributed by atoms with van der Waals surface area (Å²) in [6, 6.07) is 6.76. The van der Waals surface area contributed by atoms with Gasteiger partial charge in [-0.3, -0.25) is 0 Å². The third kappa shape index (κ3) is 2.20. The molecular formula is C13H17Br. The van der Waals surface area contributed by atoms with Gasteiger partial charge in [-0.25, -0.2) is 0 Å². The molecule has 0 aromatic heterocycles. The molecule has 2 rings (SSSR count). The molecule has 14 heavy (non-hydrogen) atoms. The smallest absolute Gasteiger partial charge is 0.0178 e. The first kappa shape index (κ1) is 10.2. The topological polar surface area (TPSA) is 0 Å². The SMILES string of the molecule is CCCC1CCc2cc(Br)ccc2C1. The minimum atomic E-state index is 0.939. The van der Waals surface area contributed by atoms with Crippen LogP contribution >= 0.6 is 15.9 Å². The second-order valence-corrected chi connectivity index (χ2v) is 5.23. The van der Waals surface area contributed by atoms with Crippen LogP contribution in [0.25, 0.3) is 0 Å². The van der Waals surface area contributed by atoms with Gasteiger partial charge in [-0.15, -0.1) is 0 Å². The van der Waals surface area contributed by atoms with Gasteiger partial charge < -0.3 is 0 Å². The van der Waals surface area contributed by atoms with Crippen LogP contribution in [-0.4, -0.2) is 0 Å². The minimum Gasteiger partial charge on any atom is -0.0654 e. The van der Waals surface area contributed by atoms with Crippen LogP contribution in [0.5, 0.6) is 0 Å². The van der Waals surface area contributed by atoms with Crippen LogP contribution in [0.2, 0.25) is 0 Å². The molecule has 0 fully saturated rings. The third-order valence-corrected chi connectivity index (χ3v) is 3.69. The first-order chi connectivity index (χ1) is 6.79. The number of fused-ring (bicyclic) bond motifs is 1. The van der Waals surface area contributed by atoms with Crippen LogP contribution in [0.15, 0.2) is 22.7 Å². The van der Waals surface area contributed by atoms with E-state index in [1.807, 2.05) is 0 Å². The van der Waals surface area contributed by atoms with Crippen LogP contribution in [0.3, 0.4) is 0 Å². The van der Waals surface area contributed by atoms with Crippen LogP contribution in [0.4, 0.5) is 0 Å². The number of rotatable bonds is 2. The zero-order chi connectivity index (χ0) is 9.97. The quantitative estimate of drug-likeness (QED) is 0.734. The summed E-state index contributed by atoms with van der Waals surface area (Å²) in [5.74, 6) is 0.939. The predicted molar refractivity (Wildman–Crippen MR) is 64.6 cm³/mol. The van der Waals surface area contributed by atoms with Crippen LogP contribution in [0.1, 0.15) is 37.3 Å². The lowest BCUT2D eigenvalue weighted by Crippen LogP contribution is -2.13. The molecule has 0 aliphatic heterocycles. The van der Waals surface area contributed by atoms with Gasteiger partial charge in [0.05, 0.1) is 0 Å². The van der Waals surface area contributed by atoms with Crippen molar-refractivity contribution in [1.29, 1.82) is 0 Å². The largest absolute Gasteiger partial charge is 0.0654 e. The van der Waals surface area contributed by atoms with Gasteiger partial charge in [0.2, 0.25) is 0 Å². The third-order valence-electron chi connectivity index (χ3n) is 3.20. The van der Waals surface area contributed by atoms with Crippen molar-refractivity contribution in [2.45, 2.75) is 39.0 Å². The molecule has 0 spiro atoms. The highest BCUT2D eigenvalue weighted by molar-refractivity contribution is 9.10. The van der Waals surface area contributed by atoms with Crippen LogP contribution in [0, 0.1) is 5.92 Å². The Morgan fingerprint density at radius 1 is 1.36 bits per heavy atom. The summed E-state index contributed by atoms with van der Waals surface area (Å²) in [4.78, 5) is 0. The summed E-state index contributed by atoms with van der Waals surface area (Å²) in [5, 5.41) is 0. The fraction of sp³-hybridized carbons (Fsp3) is 0.538. The standard InChI is InChI=1S/C13H17Br/c1-2-3-10-4-5-12-9-13(14)7-6-11(12)8-10/h6-7,9-10H,2-5,8H2,1H3. The Kier molecular flexibility index (Phi) is 3.27. The Morgan fingerprint density at radius 3 is 3.00 bits per heavy atom. The van der Waals surface area contributed by atoms with Crippen LogP contribution in [-0.2, 0) is 12.8 Å². The average Bonchev–Trinajstić information content (AvgIpc) is 2.19. The van der Waals surface area contributed by atoms with Crippen molar-refractivity contribution >= 4 is 15.9 Å². The Labute approximate surface area is 94.8 Å². The lowest BCUT2D eigenvalue weighted by atomic mass is 9.82. The molecule has 0 N–H and O–H groups in total. The molecule has 1 aliphatic rings. The lowest BCUT2D eigenvalue weighted by molar-refractivity contribution is 0.422. The number of halogens is 1. The Balaban J connectivity index is 2.15. The average molecular weight is 253 g/mol. The van der Waals surface area contributed by atoms with Crippen molar-refractivity contribution in [2.24, 2.45) is 5.92 Å². The zero-order valence-corrected chi connectivity index (χ0v) is 10.3. The van der Waals surface area contributed by atoms with E-state index in [0.29, 0.717) is 0 Å². The Bertz CT molecular complexity index is 317. The van der Waals surface area contributed by atoms with E-state index in [9.17, 15) is 0 Å². The van der Waals surface area contributed by atoms with E-state index in [4.69, 9.17) is 0 Å². The van der Waals surface area contributed by atoms with Crippen molar-refractivity contribution in [1.82, 2.24) is 0 Å². The maximum Gasteiger partial charge on any atom is 0.0178 e. The van der Waals surface area contributed by atoms with E-state index in [1.54, 1.807) is 11.1 Å². The van der Waals surface area contributed by atoms with Crippen molar-refractivity contribution in [2.75, 3.05) is 0 Å². The molecule has 0 nitrogen and oxygen atoms in total. The van der Waals surface area contributed by atoms with Crippen molar-refractivity contribution in [3.05, 3.63) is 33.8 Å². The summed E-state index contributed by atoms with van der Waals surface area (Å²) in [6.07, 6.45) is 6.69. The molecule has 0 bridgehead atoms. The molecule has 0 radical (unpaired) electrons. The second-order valence-electron chi connectivity index (χ2n) is 4.31. The maximum atomic E-state index is 3.54. The molecule has 76 valence electrons. The van der Waals surface area contributed by atoms with Gasteiger partial charge in [0.15, 0.2) is 0 Å². The molecule has 0 saturated heterocycles. The molecule has 1 unspecified atom stereocenters. The second kappa shape index (κ2) is 4.48. The fourth-order valence-corrected chi connectivity index (χ4v) is 2.86. The summed E-state index contributed by atoms with van der Waals surface area (Å²) >= 11 is 3.54. The molecule has 1 aromatic carbocycles. The highest BCUT2D eigenvalue weighted by Gasteiger charge is 2.17. The molecule has 1 atom stereocenters. The van der Waals surface area contributed by atoms with Gasteiger partial charge in [0.1, 0.15) is 0 Å². The number of benzene rings is 1. The number of aryl methyl sites for hydroxylation is 1. The first-order valence-corrected chi connectivity index (χ1v) is 6.36. The van der Waals surface area contributed by atoms with Crippen LogP contribution < -0.4 is 0 Å². The lowest BCUT2D eigenvalue weighted by Gasteiger charge is -2.24. The molecule has 1 heteroatoms. The van der Waals surface area contributed by atoms with Gasteiger partial charge >= 0.3 is 0 Å². The molecule has 0 heterocycles. The van der Waals surface area contributed by atoms with Gasteiger partial charge in [0, 0.05) is 4.47 Å². The first-order valence-electron chi connectivity index (χ1n) is 5.57. The minimum absolute atomic E-state index is 0.939. The number of hydrogen-bond acceptors (Lipinski definition) is 0. The zero-order valence-electron chi connectivity index (χ0n) is 8.72. The number of hydrogen-bond donors (Lipinski definition) is 0.